The zero-order valence-electron chi connectivity index (χ0n) is 23.7. The predicted molar refractivity (Wildman–Crippen MR) is 161 cm³/mol. The lowest BCUT2D eigenvalue weighted by molar-refractivity contribution is -0.0898. The van der Waals surface area contributed by atoms with Gasteiger partial charge in [0.05, 0.1) is 26.4 Å². The summed E-state index contributed by atoms with van der Waals surface area (Å²) in [5, 5.41) is 1.18. The first kappa shape index (κ1) is 27.4. The molecule has 1 saturated heterocycles. The van der Waals surface area contributed by atoms with Gasteiger partial charge in [-0.3, -0.25) is 0 Å². The Balaban J connectivity index is 1.33. The summed E-state index contributed by atoms with van der Waals surface area (Å²) < 4.78 is 28.8. The van der Waals surface area contributed by atoms with E-state index in [1.807, 2.05) is 54.6 Å². The van der Waals surface area contributed by atoms with Crippen LogP contribution in [-0.4, -0.2) is 29.5 Å². The van der Waals surface area contributed by atoms with Crippen LogP contribution < -0.4 is 0 Å². The summed E-state index contributed by atoms with van der Waals surface area (Å²) in [7, 11) is 2.11. The fraction of sp³-hybridized carbons (Fsp3) is 0.278. The number of aromatic nitrogens is 1. The van der Waals surface area contributed by atoms with Crippen molar-refractivity contribution in [1.82, 2.24) is 4.57 Å². The van der Waals surface area contributed by atoms with Crippen molar-refractivity contribution in [2.75, 3.05) is 6.61 Å². The number of benzene rings is 4. The van der Waals surface area contributed by atoms with E-state index < -0.39 is 0 Å². The van der Waals surface area contributed by atoms with Gasteiger partial charge in [0.15, 0.2) is 0 Å². The first-order chi connectivity index (χ1) is 20.2. The van der Waals surface area contributed by atoms with Gasteiger partial charge >= 0.3 is 0 Å². The summed E-state index contributed by atoms with van der Waals surface area (Å²) in [4.78, 5) is 0. The van der Waals surface area contributed by atoms with Crippen molar-refractivity contribution >= 4 is 10.9 Å². The minimum absolute atomic E-state index is 0.299. The summed E-state index contributed by atoms with van der Waals surface area (Å²) in [6.07, 6.45) is -1.26. The molecule has 0 unspecified atom stereocenters. The van der Waals surface area contributed by atoms with Crippen LogP contribution in [-0.2, 0) is 45.8 Å². The second-order valence-corrected chi connectivity index (χ2v) is 10.7. The Bertz CT molecular complexity index is 1530. The molecule has 1 aliphatic heterocycles. The molecule has 2 heterocycles. The topological polar surface area (TPSA) is 41.9 Å². The van der Waals surface area contributed by atoms with Crippen molar-refractivity contribution in [1.29, 1.82) is 0 Å². The molecule has 0 amide bonds. The van der Waals surface area contributed by atoms with Gasteiger partial charge in [0, 0.05) is 29.2 Å². The van der Waals surface area contributed by atoms with Gasteiger partial charge in [0.25, 0.3) is 0 Å². The fourth-order valence-corrected chi connectivity index (χ4v) is 5.79. The van der Waals surface area contributed by atoms with E-state index in [1.165, 1.54) is 10.9 Å². The van der Waals surface area contributed by atoms with Gasteiger partial charge in [-0.1, -0.05) is 109 Å². The maximum Gasteiger partial charge on any atom is 0.117 e. The van der Waals surface area contributed by atoms with Crippen molar-refractivity contribution in [3.8, 4) is 0 Å². The van der Waals surface area contributed by atoms with Crippen LogP contribution in [0.25, 0.3) is 10.9 Å². The summed E-state index contributed by atoms with van der Waals surface area (Å²) >= 11 is 0. The smallest absolute Gasteiger partial charge is 0.117 e. The molecule has 6 rings (SSSR count). The molecule has 0 bridgehead atoms. The van der Waals surface area contributed by atoms with Crippen LogP contribution in [0, 0.1) is 6.92 Å². The van der Waals surface area contributed by atoms with Crippen molar-refractivity contribution in [3.63, 3.8) is 0 Å². The summed E-state index contributed by atoms with van der Waals surface area (Å²) in [6.45, 7) is 4.01. The maximum atomic E-state index is 6.90. The number of rotatable bonds is 11. The van der Waals surface area contributed by atoms with E-state index in [9.17, 15) is 0 Å². The van der Waals surface area contributed by atoms with E-state index in [2.05, 4.69) is 79.2 Å². The minimum Gasteiger partial charge on any atom is -0.374 e. The number of hydrogen-bond acceptors (Lipinski definition) is 4. The van der Waals surface area contributed by atoms with Gasteiger partial charge in [0.2, 0.25) is 0 Å². The first-order valence-electron chi connectivity index (χ1n) is 14.3. The average Bonchev–Trinajstić information content (AvgIpc) is 3.49. The lowest BCUT2D eigenvalue weighted by atomic mass is 9.98. The Morgan fingerprint density at radius 3 is 1.76 bits per heavy atom. The summed E-state index contributed by atoms with van der Waals surface area (Å²) in [5.41, 5.74) is 6.85. The number of para-hydroxylation sites is 1. The monoisotopic (exact) mass is 547 g/mol. The first-order valence-corrected chi connectivity index (χ1v) is 14.3. The fourth-order valence-electron chi connectivity index (χ4n) is 5.79. The number of aryl methyl sites for hydroxylation is 1. The molecule has 5 nitrogen and oxygen atoms in total. The Morgan fingerprint density at radius 2 is 1.15 bits per heavy atom. The number of nitrogens with zero attached hydrogens (tertiary/aromatic N) is 1. The van der Waals surface area contributed by atoms with Crippen LogP contribution in [0.3, 0.4) is 0 Å². The second kappa shape index (κ2) is 12.8. The highest BCUT2D eigenvalue weighted by Gasteiger charge is 2.48. The molecular weight excluding hydrogens is 510 g/mol. The van der Waals surface area contributed by atoms with Gasteiger partial charge in [-0.25, -0.2) is 0 Å². The normalized spacial score (nSPS) is 20.5. The standard InChI is InChI=1S/C36H37NO4/c1-26-33(30-20-12-13-21-31(30)37(26)2)35-36(40-24-29-18-10-5-11-19-29)34(39-23-28-16-8-4-9-17-28)32(41-35)25-38-22-27-14-6-3-7-15-27/h3-21,32,34-36H,22-25H2,1-2H3/t32-,34-,35+,36-/m1/s1. The van der Waals surface area contributed by atoms with Crippen molar-refractivity contribution in [2.45, 2.75) is 51.2 Å². The van der Waals surface area contributed by atoms with Crippen LogP contribution in [0.1, 0.15) is 34.1 Å². The van der Waals surface area contributed by atoms with Gasteiger partial charge in [-0.2, -0.15) is 0 Å². The Morgan fingerprint density at radius 1 is 0.634 bits per heavy atom. The number of hydrogen-bond donors (Lipinski definition) is 0. The highest BCUT2D eigenvalue weighted by atomic mass is 16.6. The molecule has 0 aliphatic carbocycles. The van der Waals surface area contributed by atoms with E-state index in [1.54, 1.807) is 0 Å². The van der Waals surface area contributed by atoms with Gasteiger partial charge in [-0.15, -0.1) is 0 Å². The lowest BCUT2D eigenvalue weighted by Crippen LogP contribution is -2.37. The molecule has 41 heavy (non-hydrogen) atoms. The van der Waals surface area contributed by atoms with Crippen molar-refractivity contribution in [3.05, 3.63) is 143 Å². The summed E-state index contributed by atoms with van der Waals surface area (Å²) in [6, 6.07) is 39.3. The molecule has 1 fully saturated rings. The molecule has 4 aromatic carbocycles. The van der Waals surface area contributed by atoms with E-state index in [-0.39, 0.29) is 24.4 Å². The number of fused-ring (bicyclic) bond motifs is 1. The van der Waals surface area contributed by atoms with Gasteiger partial charge in [-0.05, 0) is 29.7 Å². The van der Waals surface area contributed by atoms with E-state index in [4.69, 9.17) is 18.9 Å². The zero-order valence-corrected chi connectivity index (χ0v) is 23.7. The summed E-state index contributed by atoms with van der Waals surface area (Å²) in [5.74, 6) is 0. The van der Waals surface area contributed by atoms with Gasteiger partial charge < -0.3 is 23.5 Å². The molecule has 5 heteroatoms. The van der Waals surface area contributed by atoms with Crippen LogP contribution >= 0.6 is 0 Å². The van der Waals surface area contributed by atoms with Crippen molar-refractivity contribution < 1.29 is 18.9 Å². The van der Waals surface area contributed by atoms with Crippen LogP contribution in [0.2, 0.25) is 0 Å². The second-order valence-electron chi connectivity index (χ2n) is 10.7. The Hall–Kier alpha value is -3.74. The van der Waals surface area contributed by atoms with E-state index >= 15 is 0 Å². The van der Waals surface area contributed by atoms with Crippen molar-refractivity contribution in [2.24, 2.45) is 7.05 Å². The minimum atomic E-state index is -0.325. The van der Waals surface area contributed by atoms with Crippen LogP contribution in [0.4, 0.5) is 0 Å². The average molecular weight is 548 g/mol. The molecule has 1 aliphatic rings. The van der Waals surface area contributed by atoms with Crippen LogP contribution in [0.15, 0.2) is 115 Å². The largest absolute Gasteiger partial charge is 0.374 e. The quantitative estimate of drug-likeness (QED) is 0.174. The number of ether oxygens (including phenoxy) is 4. The van der Waals surface area contributed by atoms with Crippen LogP contribution in [0.5, 0.6) is 0 Å². The third-order valence-corrected chi connectivity index (χ3v) is 8.01. The van der Waals surface area contributed by atoms with Gasteiger partial charge in [0.1, 0.15) is 24.4 Å². The SMILES string of the molecule is Cc1c([C@@H]2O[C@H](COCc3ccccc3)[C@@H](OCc3ccccc3)[C@H]2OCc2ccccc2)c2ccccc2n1C. The Kier molecular flexibility index (Phi) is 8.59. The third kappa shape index (κ3) is 6.14. The highest BCUT2D eigenvalue weighted by Crippen LogP contribution is 2.43. The molecule has 0 N–H and O–H groups in total. The maximum absolute atomic E-state index is 6.90. The molecule has 0 radical (unpaired) electrons. The van der Waals surface area contributed by atoms with E-state index in [0.717, 1.165) is 27.9 Å². The molecule has 210 valence electrons. The molecule has 0 saturated carbocycles. The zero-order chi connectivity index (χ0) is 28.0. The van der Waals surface area contributed by atoms with E-state index in [0.29, 0.717) is 26.4 Å². The molecule has 5 aromatic rings. The molecule has 0 spiro atoms. The molecule has 4 atom stereocenters. The third-order valence-electron chi connectivity index (χ3n) is 8.01. The lowest BCUT2D eigenvalue weighted by Gasteiger charge is -2.25. The predicted octanol–water partition coefficient (Wildman–Crippen LogP) is 7.31. The highest BCUT2D eigenvalue weighted by molar-refractivity contribution is 5.86. The Labute approximate surface area is 242 Å². The molecular formula is C36H37NO4. The molecule has 1 aromatic heterocycles.